The van der Waals surface area contributed by atoms with Crippen molar-refractivity contribution in [2.24, 2.45) is 5.92 Å². The van der Waals surface area contributed by atoms with Gasteiger partial charge in [0.05, 0.1) is 18.1 Å². The van der Waals surface area contributed by atoms with Gasteiger partial charge in [-0.05, 0) is 25.3 Å². The van der Waals surface area contributed by atoms with E-state index in [9.17, 15) is 4.79 Å². The average Bonchev–Trinajstić information content (AvgIpc) is 2.52. The third kappa shape index (κ3) is 4.13. The molecule has 0 aromatic carbocycles. The van der Waals surface area contributed by atoms with Crippen molar-refractivity contribution in [1.82, 2.24) is 9.97 Å². The van der Waals surface area contributed by atoms with Gasteiger partial charge in [0.2, 0.25) is 0 Å². The maximum Gasteiger partial charge on any atom is 0.147 e. The molecule has 1 saturated heterocycles. The first-order valence-electron chi connectivity index (χ1n) is 7.01. The predicted molar refractivity (Wildman–Crippen MR) is 78.6 cm³/mol. The summed E-state index contributed by atoms with van der Waals surface area (Å²) in [6.45, 7) is 2.45. The zero-order valence-corrected chi connectivity index (χ0v) is 11.9. The van der Waals surface area contributed by atoms with Crippen molar-refractivity contribution in [2.75, 3.05) is 31.7 Å². The molecule has 0 spiro atoms. The van der Waals surface area contributed by atoms with Crippen molar-refractivity contribution in [2.45, 2.75) is 19.3 Å². The minimum atomic E-state index is 0.205. The molecule has 1 aromatic rings. The Hall–Kier alpha value is -1.75. The lowest BCUT2D eigenvalue weighted by Crippen LogP contribution is -2.34. The normalized spacial score (nSPS) is 16.8. The van der Waals surface area contributed by atoms with Gasteiger partial charge in [0.15, 0.2) is 0 Å². The number of carbonyl (C=O) groups excluding carboxylic acids is 1. The predicted octanol–water partition coefficient (Wildman–Crippen LogP) is 1.94. The zero-order chi connectivity index (χ0) is 14.2. The number of aldehydes is 1. The van der Waals surface area contributed by atoms with Gasteiger partial charge in [0.25, 0.3) is 0 Å². The molecule has 0 N–H and O–H groups in total. The molecule has 0 aliphatic carbocycles. The summed E-state index contributed by atoms with van der Waals surface area (Å²) < 4.78 is 5.00. The van der Waals surface area contributed by atoms with E-state index in [1.54, 1.807) is 19.5 Å². The summed E-state index contributed by atoms with van der Waals surface area (Å²) in [5, 5.41) is 0. The molecule has 20 heavy (non-hydrogen) atoms. The Labute approximate surface area is 119 Å². The molecule has 1 aliphatic rings. The number of ether oxygens (including phenoxy) is 1. The van der Waals surface area contributed by atoms with Crippen LogP contribution in [0, 0.1) is 5.92 Å². The highest BCUT2D eigenvalue weighted by Gasteiger charge is 2.19. The van der Waals surface area contributed by atoms with Gasteiger partial charge in [-0.3, -0.25) is 4.98 Å². The van der Waals surface area contributed by atoms with Crippen molar-refractivity contribution < 1.29 is 9.53 Å². The molecule has 0 amide bonds. The van der Waals surface area contributed by atoms with E-state index in [-0.39, 0.29) is 5.92 Å². The molecule has 5 nitrogen and oxygen atoms in total. The lowest BCUT2D eigenvalue weighted by atomic mass is 9.99. The van der Waals surface area contributed by atoms with Crippen LogP contribution in [0.4, 0.5) is 5.82 Å². The van der Waals surface area contributed by atoms with E-state index in [2.05, 4.69) is 14.9 Å². The van der Waals surface area contributed by atoms with E-state index in [0.29, 0.717) is 6.61 Å². The van der Waals surface area contributed by atoms with Gasteiger partial charge in [-0.25, -0.2) is 4.98 Å². The van der Waals surface area contributed by atoms with Crippen molar-refractivity contribution in [3.63, 3.8) is 0 Å². The molecular weight excluding hydrogens is 254 g/mol. The maximum absolute atomic E-state index is 10.8. The number of piperidine rings is 1. The van der Waals surface area contributed by atoms with Crippen LogP contribution in [0.25, 0.3) is 6.08 Å². The molecular formula is C15H21N3O2. The molecule has 0 radical (unpaired) electrons. The van der Waals surface area contributed by atoms with Crippen molar-refractivity contribution in [3.05, 3.63) is 24.2 Å². The van der Waals surface area contributed by atoms with Gasteiger partial charge < -0.3 is 14.4 Å². The first-order chi connectivity index (χ1) is 9.83. The third-order valence-corrected chi connectivity index (χ3v) is 3.47. The molecule has 108 valence electrons. The van der Waals surface area contributed by atoms with Crippen LogP contribution in [0.3, 0.4) is 0 Å². The van der Waals surface area contributed by atoms with Crippen LogP contribution >= 0.6 is 0 Å². The van der Waals surface area contributed by atoms with Gasteiger partial charge in [0.1, 0.15) is 12.1 Å². The quantitative estimate of drug-likeness (QED) is 0.586. The van der Waals surface area contributed by atoms with E-state index in [1.165, 1.54) is 0 Å². The molecule has 1 aromatic heterocycles. The lowest BCUT2D eigenvalue weighted by Gasteiger charge is -2.30. The summed E-state index contributed by atoms with van der Waals surface area (Å²) in [5.41, 5.74) is 0.858. The van der Waals surface area contributed by atoms with E-state index >= 15 is 0 Å². The highest BCUT2D eigenvalue weighted by Crippen LogP contribution is 2.20. The number of methoxy groups -OCH3 is 1. The standard InChI is InChI=1S/C15H21N3O2/c1-20-9-3-2-4-14-10-16-11-15(17-14)18-7-5-13(12-19)6-8-18/h2,4,10-13H,3,5-9H2,1H3/b4-2+. The number of anilines is 1. The summed E-state index contributed by atoms with van der Waals surface area (Å²) in [7, 11) is 1.69. The Morgan fingerprint density at radius 1 is 1.40 bits per heavy atom. The Kier molecular flexibility index (Phi) is 5.68. The minimum Gasteiger partial charge on any atom is -0.384 e. The summed E-state index contributed by atoms with van der Waals surface area (Å²) >= 11 is 0. The number of aromatic nitrogens is 2. The van der Waals surface area contributed by atoms with E-state index in [1.807, 2.05) is 12.2 Å². The zero-order valence-electron chi connectivity index (χ0n) is 11.9. The van der Waals surface area contributed by atoms with Crippen molar-refractivity contribution >= 4 is 18.2 Å². The molecule has 2 heterocycles. The smallest absolute Gasteiger partial charge is 0.147 e. The Balaban J connectivity index is 1.95. The summed E-state index contributed by atoms with van der Waals surface area (Å²) in [4.78, 5) is 21.8. The lowest BCUT2D eigenvalue weighted by molar-refractivity contribution is -0.111. The Bertz CT molecular complexity index is 454. The van der Waals surface area contributed by atoms with E-state index < -0.39 is 0 Å². The third-order valence-electron chi connectivity index (χ3n) is 3.47. The van der Waals surface area contributed by atoms with E-state index in [4.69, 9.17) is 4.74 Å². The van der Waals surface area contributed by atoms with E-state index in [0.717, 1.165) is 50.1 Å². The second-order valence-corrected chi connectivity index (χ2v) is 4.95. The number of hydrogen-bond acceptors (Lipinski definition) is 5. The largest absolute Gasteiger partial charge is 0.384 e. The average molecular weight is 275 g/mol. The second-order valence-electron chi connectivity index (χ2n) is 4.95. The van der Waals surface area contributed by atoms with Crippen LogP contribution in [0.5, 0.6) is 0 Å². The monoisotopic (exact) mass is 275 g/mol. The highest BCUT2D eigenvalue weighted by molar-refractivity contribution is 5.55. The Morgan fingerprint density at radius 2 is 2.20 bits per heavy atom. The van der Waals surface area contributed by atoms with Gasteiger partial charge in [0, 0.05) is 32.7 Å². The number of rotatable bonds is 6. The SMILES string of the molecule is COCC/C=C/c1cncc(N2CCC(C=O)CC2)n1. The van der Waals surface area contributed by atoms with Crippen LogP contribution in [0.2, 0.25) is 0 Å². The summed E-state index contributed by atoms with van der Waals surface area (Å²) in [6, 6.07) is 0. The Morgan fingerprint density at radius 3 is 2.90 bits per heavy atom. The van der Waals surface area contributed by atoms with Crippen LogP contribution in [0.1, 0.15) is 25.0 Å². The molecule has 5 heteroatoms. The minimum absolute atomic E-state index is 0.205. The fourth-order valence-electron chi connectivity index (χ4n) is 2.26. The molecule has 0 bridgehead atoms. The van der Waals surface area contributed by atoms with Crippen LogP contribution < -0.4 is 4.90 Å². The molecule has 2 rings (SSSR count). The highest BCUT2D eigenvalue weighted by atomic mass is 16.5. The van der Waals surface area contributed by atoms with Crippen LogP contribution in [-0.4, -0.2) is 43.1 Å². The van der Waals surface area contributed by atoms with Crippen molar-refractivity contribution in [1.29, 1.82) is 0 Å². The first-order valence-corrected chi connectivity index (χ1v) is 7.01. The number of hydrogen-bond donors (Lipinski definition) is 0. The van der Waals surface area contributed by atoms with Gasteiger partial charge >= 0.3 is 0 Å². The maximum atomic E-state index is 10.8. The molecule has 1 fully saturated rings. The fraction of sp³-hybridized carbons (Fsp3) is 0.533. The fourth-order valence-corrected chi connectivity index (χ4v) is 2.26. The van der Waals surface area contributed by atoms with Gasteiger partial charge in [-0.2, -0.15) is 0 Å². The molecule has 1 aliphatic heterocycles. The summed E-state index contributed by atoms with van der Waals surface area (Å²) in [5.74, 6) is 1.10. The number of nitrogens with zero attached hydrogens (tertiary/aromatic N) is 3. The number of carbonyl (C=O) groups is 1. The summed E-state index contributed by atoms with van der Waals surface area (Å²) in [6.07, 6.45) is 11.3. The molecule has 0 atom stereocenters. The van der Waals surface area contributed by atoms with Crippen LogP contribution in [-0.2, 0) is 9.53 Å². The molecule has 0 saturated carbocycles. The second kappa shape index (κ2) is 7.75. The van der Waals surface area contributed by atoms with Gasteiger partial charge in [-0.15, -0.1) is 0 Å². The van der Waals surface area contributed by atoms with Gasteiger partial charge in [-0.1, -0.05) is 6.08 Å². The molecule has 0 unspecified atom stereocenters. The van der Waals surface area contributed by atoms with Crippen LogP contribution in [0.15, 0.2) is 18.5 Å². The van der Waals surface area contributed by atoms with Crippen molar-refractivity contribution in [3.8, 4) is 0 Å². The first kappa shape index (κ1) is 14.7. The topological polar surface area (TPSA) is 55.3 Å².